The molecule has 0 atom stereocenters. The SMILES string of the molecule is CCSc1nc2sc3c(c2c(=O)n1Cc1ccccc1)CCN(CC)C3. The molecule has 26 heavy (non-hydrogen) atoms. The number of thioether (sulfide) groups is 1. The predicted molar refractivity (Wildman–Crippen MR) is 110 cm³/mol. The molecule has 1 aromatic carbocycles. The van der Waals surface area contributed by atoms with Gasteiger partial charge in [-0.2, -0.15) is 0 Å². The molecular formula is C20H23N3OS2. The van der Waals surface area contributed by atoms with E-state index in [4.69, 9.17) is 4.98 Å². The van der Waals surface area contributed by atoms with Crippen molar-refractivity contribution in [1.82, 2.24) is 14.5 Å². The van der Waals surface area contributed by atoms with Crippen LogP contribution in [0.4, 0.5) is 0 Å². The Bertz CT molecular complexity index is 978. The van der Waals surface area contributed by atoms with Crippen LogP contribution in [0.3, 0.4) is 0 Å². The summed E-state index contributed by atoms with van der Waals surface area (Å²) in [5.41, 5.74) is 2.49. The van der Waals surface area contributed by atoms with Crippen molar-refractivity contribution in [2.24, 2.45) is 0 Å². The maximum absolute atomic E-state index is 13.4. The van der Waals surface area contributed by atoms with Gasteiger partial charge in [-0.3, -0.25) is 14.3 Å². The highest BCUT2D eigenvalue weighted by molar-refractivity contribution is 7.99. The number of hydrogen-bond donors (Lipinski definition) is 0. The summed E-state index contributed by atoms with van der Waals surface area (Å²) in [5, 5.41) is 1.69. The lowest BCUT2D eigenvalue weighted by Gasteiger charge is -2.25. The van der Waals surface area contributed by atoms with E-state index in [2.05, 4.69) is 30.9 Å². The molecule has 0 bridgehead atoms. The molecule has 1 aliphatic heterocycles. The summed E-state index contributed by atoms with van der Waals surface area (Å²) in [6.45, 7) is 7.90. The fraction of sp³-hybridized carbons (Fsp3) is 0.400. The number of thiophene rings is 1. The molecule has 136 valence electrons. The van der Waals surface area contributed by atoms with Gasteiger partial charge in [0.25, 0.3) is 5.56 Å². The van der Waals surface area contributed by atoms with Crippen LogP contribution >= 0.6 is 23.1 Å². The molecule has 3 heterocycles. The van der Waals surface area contributed by atoms with Gasteiger partial charge in [0.05, 0.1) is 11.9 Å². The maximum atomic E-state index is 13.4. The van der Waals surface area contributed by atoms with E-state index in [-0.39, 0.29) is 5.56 Å². The Morgan fingerprint density at radius 3 is 2.77 bits per heavy atom. The molecule has 2 aromatic heterocycles. The van der Waals surface area contributed by atoms with E-state index < -0.39 is 0 Å². The number of likely N-dealkylation sites (N-methyl/N-ethyl adjacent to an activating group) is 1. The Balaban J connectivity index is 1.86. The van der Waals surface area contributed by atoms with Gasteiger partial charge in [0, 0.05) is 18.0 Å². The minimum absolute atomic E-state index is 0.122. The van der Waals surface area contributed by atoms with Crippen molar-refractivity contribution in [3.8, 4) is 0 Å². The monoisotopic (exact) mass is 385 g/mol. The fourth-order valence-electron chi connectivity index (χ4n) is 3.52. The Labute approximate surface area is 161 Å². The summed E-state index contributed by atoms with van der Waals surface area (Å²) in [7, 11) is 0. The molecule has 0 aliphatic carbocycles. The molecule has 0 saturated carbocycles. The summed E-state index contributed by atoms with van der Waals surface area (Å²) in [6.07, 6.45) is 0.950. The normalized spacial score (nSPS) is 14.7. The van der Waals surface area contributed by atoms with Crippen LogP contribution < -0.4 is 5.56 Å². The van der Waals surface area contributed by atoms with E-state index in [0.29, 0.717) is 6.54 Å². The predicted octanol–water partition coefficient (Wildman–Crippen LogP) is 4.00. The standard InChI is InChI=1S/C20H23N3OS2/c1-3-22-11-10-15-16(13-22)26-18-17(15)19(24)23(20(21-18)25-4-2)12-14-8-6-5-7-9-14/h5-9H,3-4,10-13H2,1-2H3. The highest BCUT2D eigenvalue weighted by atomic mass is 32.2. The highest BCUT2D eigenvalue weighted by Gasteiger charge is 2.24. The largest absolute Gasteiger partial charge is 0.298 e. The van der Waals surface area contributed by atoms with Gasteiger partial charge < -0.3 is 0 Å². The first-order chi connectivity index (χ1) is 12.7. The van der Waals surface area contributed by atoms with Crippen molar-refractivity contribution in [2.75, 3.05) is 18.8 Å². The lowest BCUT2D eigenvalue weighted by Crippen LogP contribution is -2.30. The van der Waals surface area contributed by atoms with Gasteiger partial charge in [0.15, 0.2) is 5.16 Å². The van der Waals surface area contributed by atoms with Crippen molar-refractivity contribution in [1.29, 1.82) is 0 Å². The zero-order valence-electron chi connectivity index (χ0n) is 15.2. The number of hydrogen-bond acceptors (Lipinski definition) is 5. The number of rotatable bonds is 5. The first-order valence-electron chi connectivity index (χ1n) is 9.15. The number of fused-ring (bicyclic) bond motifs is 3. The van der Waals surface area contributed by atoms with Gasteiger partial charge in [-0.25, -0.2) is 4.98 Å². The third-order valence-electron chi connectivity index (χ3n) is 4.91. The Morgan fingerprint density at radius 1 is 1.23 bits per heavy atom. The molecule has 1 aliphatic rings. The topological polar surface area (TPSA) is 38.1 Å². The number of nitrogens with zero attached hydrogens (tertiary/aromatic N) is 3. The van der Waals surface area contributed by atoms with Crippen LogP contribution in [-0.2, 0) is 19.5 Å². The first kappa shape index (κ1) is 17.8. The lowest BCUT2D eigenvalue weighted by molar-refractivity contribution is 0.272. The molecule has 6 heteroatoms. The molecule has 0 radical (unpaired) electrons. The van der Waals surface area contributed by atoms with Gasteiger partial charge in [0.1, 0.15) is 4.83 Å². The summed E-state index contributed by atoms with van der Waals surface area (Å²) in [4.78, 5) is 23.0. The van der Waals surface area contributed by atoms with Gasteiger partial charge in [-0.05, 0) is 29.8 Å². The molecule has 4 nitrogen and oxygen atoms in total. The first-order valence-corrected chi connectivity index (χ1v) is 11.0. The van der Waals surface area contributed by atoms with Gasteiger partial charge >= 0.3 is 0 Å². The van der Waals surface area contributed by atoms with E-state index in [9.17, 15) is 4.79 Å². The maximum Gasteiger partial charge on any atom is 0.263 e. The summed E-state index contributed by atoms with van der Waals surface area (Å²) in [5.74, 6) is 0.904. The number of aromatic nitrogens is 2. The third-order valence-corrected chi connectivity index (χ3v) is 6.88. The van der Waals surface area contributed by atoms with Gasteiger partial charge in [-0.1, -0.05) is 55.9 Å². The minimum atomic E-state index is 0.122. The zero-order chi connectivity index (χ0) is 18.1. The van der Waals surface area contributed by atoms with E-state index >= 15 is 0 Å². The quantitative estimate of drug-likeness (QED) is 0.492. The Hall–Kier alpha value is -1.63. The highest BCUT2D eigenvalue weighted by Crippen LogP contribution is 2.33. The van der Waals surface area contributed by atoms with Crippen LogP contribution in [0.2, 0.25) is 0 Å². The van der Waals surface area contributed by atoms with Crippen LogP contribution in [0.15, 0.2) is 40.3 Å². The third kappa shape index (κ3) is 3.21. The average Bonchev–Trinajstić information content (AvgIpc) is 3.03. The zero-order valence-corrected chi connectivity index (χ0v) is 16.8. The van der Waals surface area contributed by atoms with E-state index in [1.165, 1.54) is 10.4 Å². The summed E-state index contributed by atoms with van der Waals surface area (Å²) < 4.78 is 1.87. The van der Waals surface area contributed by atoms with Gasteiger partial charge in [0.2, 0.25) is 0 Å². The second-order valence-corrected chi connectivity index (χ2v) is 8.82. The van der Waals surface area contributed by atoms with Crippen LogP contribution in [0.25, 0.3) is 10.2 Å². The summed E-state index contributed by atoms with van der Waals surface area (Å²) in [6, 6.07) is 10.2. The molecule has 0 fully saturated rings. The van der Waals surface area contributed by atoms with Crippen LogP contribution in [0, 0.1) is 0 Å². The van der Waals surface area contributed by atoms with Crippen molar-refractivity contribution in [3.05, 3.63) is 56.7 Å². The summed E-state index contributed by atoms with van der Waals surface area (Å²) >= 11 is 3.36. The van der Waals surface area contributed by atoms with Crippen LogP contribution in [-0.4, -0.2) is 33.3 Å². The Kier molecular flexibility index (Phi) is 5.16. The van der Waals surface area contributed by atoms with Crippen molar-refractivity contribution < 1.29 is 0 Å². The smallest absolute Gasteiger partial charge is 0.263 e. The van der Waals surface area contributed by atoms with Crippen molar-refractivity contribution >= 4 is 33.3 Å². The molecule has 0 spiro atoms. The minimum Gasteiger partial charge on any atom is -0.298 e. The second kappa shape index (κ2) is 7.55. The van der Waals surface area contributed by atoms with Gasteiger partial charge in [-0.15, -0.1) is 11.3 Å². The molecule has 4 rings (SSSR count). The molecule has 3 aromatic rings. The van der Waals surface area contributed by atoms with Crippen molar-refractivity contribution in [3.63, 3.8) is 0 Å². The molecule has 0 N–H and O–H groups in total. The fourth-order valence-corrected chi connectivity index (χ4v) is 5.55. The van der Waals surface area contributed by atoms with Crippen LogP contribution in [0.1, 0.15) is 29.9 Å². The van der Waals surface area contributed by atoms with Crippen molar-refractivity contribution in [2.45, 2.75) is 38.5 Å². The number of benzene rings is 1. The lowest BCUT2D eigenvalue weighted by atomic mass is 10.1. The average molecular weight is 386 g/mol. The molecule has 0 saturated heterocycles. The molecule has 0 unspecified atom stereocenters. The second-order valence-electron chi connectivity index (χ2n) is 6.51. The Morgan fingerprint density at radius 2 is 2.04 bits per heavy atom. The van der Waals surface area contributed by atoms with E-state index in [1.54, 1.807) is 23.1 Å². The molecular weight excluding hydrogens is 362 g/mol. The van der Waals surface area contributed by atoms with E-state index in [1.807, 2.05) is 22.8 Å². The van der Waals surface area contributed by atoms with E-state index in [0.717, 1.165) is 52.7 Å². The molecule has 0 amide bonds. The van der Waals surface area contributed by atoms with Crippen LogP contribution in [0.5, 0.6) is 0 Å².